The fourth-order valence-corrected chi connectivity index (χ4v) is 1.72. The fraction of sp³-hybridized carbons (Fsp3) is 0. The Labute approximate surface area is 76.0 Å². The molecule has 1 N–H and O–H groups in total. The summed E-state index contributed by atoms with van der Waals surface area (Å²) < 4.78 is 0. The van der Waals surface area contributed by atoms with Crippen LogP contribution < -0.4 is 0 Å². The van der Waals surface area contributed by atoms with Crippen molar-refractivity contribution < 1.29 is 0 Å². The van der Waals surface area contributed by atoms with Crippen LogP contribution in [0.2, 0.25) is 0 Å². The molecule has 1 radical (unpaired) electrons. The third-order valence-corrected chi connectivity index (χ3v) is 2.32. The lowest BCUT2D eigenvalue weighted by molar-refractivity contribution is 1.55. The Morgan fingerprint density at radius 3 is 2.77 bits per heavy atom. The van der Waals surface area contributed by atoms with Gasteiger partial charge >= 0.3 is 0 Å². The largest absolute Gasteiger partial charge is 0.354 e. The van der Waals surface area contributed by atoms with Crippen LogP contribution in [0.1, 0.15) is 0 Å². The second-order valence-corrected chi connectivity index (χ2v) is 3.13. The Balaban J connectivity index is 2.64. The molecule has 0 spiro atoms. The standard InChI is InChI=1S/C12H8N/c1-3-7-11-9(5-1)10-6-2-4-8-12(10)13-11/h1-5,7-8,13H. The van der Waals surface area contributed by atoms with Gasteiger partial charge in [-0.15, -0.1) is 0 Å². The minimum Gasteiger partial charge on any atom is -0.354 e. The summed E-state index contributed by atoms with van der Waals surface area (Å²) in [5.74, 6) is 0. The molecule has 0 fully saturated rings. The van der Waals surface area contributed by atoms with Gasteiger partial charge in [0, 0.05) is 21.8 Å². The normalized spacial score (nSPS) is 11.1. The number of H-pyrrole nitrogens is 1. The van der Waals surface area contributed by atoms with Gasteiger partial charge in [0.2, 0.25) is 0 Å². The van der Waals surface area contributed by atoms with E-state index in [4.69, 9.17) is 0 Å². The zero-order chi connectivity index (χ0) is 8.67. The molecule has 13 heavy (non-hydrogen) atoms. The smallest absolute Gasteiger partial charge is 0.0471 e. The average Bonchev–Trinajstić information content (AvgIpc) is 2.56. The SMILES string of the molecule is [c]1cccc2[nH]c3ccccc3c12. The Hall–Kier alpha value is -1.76. The maximum absolute atomic E-state index is 3.35. The molecule has 0 bridgehead atoms. The highest BCUT2D eigenvalue weighted by Gasteiger charge is 2.00. The zero-order valence-electron chi connectivity index (χ0n) is 7.04. The number of fused-ring (bicyclic) bond motifs is 3. The first kappa shape index (κ1) is 6.72. The summed E-state index contributed by atoms with van der Waals surface area (Å²) >= 11 is 0. The summed E-state index contributed by atoms with van der Waals surface area (Å²) in [5.41, 5.74) is 2.34. The van der Waals surface area contributed by atoms with Crippen LogP contribution >= 0.6 is 0 Å². The van der Waals surface area contributed by atoms with Crippen molar-refractivity contribution in [2.75, 3.05) is 0 Å². The number of aromatic nitrogens is 1. The minimum absolute atomic E-state index is 1.16. The highest BCUT2D eigenvalue weighted by Crippen LogP contribution is 2.23. The molecule has 61 valence electrons. The number of rotatable bonds is 0. The van der Waals surface area contributed by atoms with E-state index in [0.29, 0.717) is 0 Å². The lowest BCUT2D eigenvalue weighted by atomic mass is 10.2. The maximum atomic E-state index is 3.35. The van der Waals surface area contributed by atoms with Crippen LogP contribution in [-0.4, -0.2) is 4.98 Å². The molecule has 0 amide bonds. The van der Waals surface area contributed by atoms with Gasteiger partial charge in [-0.3, -0.25) is 0 Å². The van der Waals surface area contributed by atoms with Crippen LogP contribution in [0.3, 0.4) is 0 Å². The molecule has 1 nitrogen and oxygen atoms in total. The number of aromatic amines is 1. The summed E-state index contributed by atoms with van der Waals surface area (Å²) in [6.45, 7) is 0. The molecule has 0 aliphatic rings. The molecule has 0 aliphatic carbocycles. The molecular formula is C12H8N. The van der Waals surface area contributed by atoms with E-state index in [1.54, 1.807) is 0 Å². The Morgan fingerprint density at radius 2 is 1.77 bits per heavy atom. The van der Waals surface area contributed by atoms with Gasteiger partial charge in [0.05, 0.1) is 0 Å². The fourth-order valence-electron chi connectivity index (χ4n) is 1.72. The van der Waals surface area contributed by atoms with Crippen molar-refractivity contribution in [1.29, 1.82) is 0 Å². The molecule has 1 aromatic heterocycles. The second kappa shape index (κ2) is 2.36. The lowest BCUT2D eigenvalue weighted by Gasteiger charge is -1.87. The second-order valence-electron chi connectivity index (χ2n) is 3.13. The zero-order valence-corrected chi connectivity index (χ0v) is 7.04. The van der Waals surface area contributed by atoms with Crippen molar-refractivity contribution >= 4 is 21.8 Å². The number of nitrogens with one attached hydrogen (secondary N) is 1. The van der Waals surface area contributed by atoms with E-state index in [0.717, 1.165) is 5.52 Å². The van der Waals surface area contributed by atoms with E-state index in [1.807, 2.05) is 18.2 Å². The van der Waals surface area contributed by atoms with Crippen molar-refractivity contribution in [3.05, 3.63) is 48.5 Å². The molecule has 3 rings (SSSR count). The van der Waals surface area contributed by atoms with E-state index in [1.165, 1.54) is 16.3 Å². The van der Waals surface area contributed by atoms with E-state index in [2.05, 4.69) is 35.3 Å². The van der Waals surface area contributed by atoms with Gasteiger partial charge < -0.3 is 4.98 Å². The van der Waals surface area contributed by atoms with Crippen molar-refractivity contribution in [2.45, 2.75) is 0 Å². The first-order valence-corrected chi connectivity index (χ1v) is 4.32. The summed E-state index contributed by atoms with van der Waals surface area (Å²) in [5, 5.41) is 2.43. The first-order valence-electron chi connectivity index (χ1n) is 4.32. The molecular weight excluding hydrogens is 158 g/mol. The molecule has 0 unspecified atom stereocenters. The number of hydrogen-bond acceptors (Lipinski definition) is 0. The average molecular weight is 166 g/mol. The van der Waals surface area contributed by atoms with Gasteiger partial charge in [-0.05, 0) is 18.2 Å². The Morgan fingerprint density at radius 1 is 0.923 bits per heavy atom. The van der Waals surface area contributed by atoms with Crippen molar-refractivity contribution in [3.63, 3.8) is 0 Å². The van der Waals surface area contributed by atoms with Crippen molar-refractivity contribution in [2.24, 2.45) is 0 Å². The highest BCUT2D eigenvalue weighted by atomic mass is 14.7. The van der Waals surface area contributed by atoms with Crippen molar-refractivity contribution in [3.8, 4) is 0 Å². The topological polar surface area (TPSA) is 15.8 Å². The minimum atomic E-state index is 1.16. The van der Waals surface area contributed by atoms with Gasteiger partial charge in [-0.1, -0.05) is 30.3 Å². The van der Waals surface area contributed by atoms with Crippen LogP contribution in [0.4, 0.5) is 0 Å². The van der Waals surface area contributed by atoms with Crippen LogP contribution in [0.5, 0.6) is 0 Å². The monoisotopic (exact) mass is 166 g/mol. The molecule has 1 heteroatoms. The molecule has 2 aromatic carbocycles. The van der Waals surface area contributed by atoms with E-state index >= 15 is 0 Å². The Kier molecular flexibility index (Phi) is 1.22. The van der Waals surface area contributed by atoms with Gasteiger partial charge in [0.15, 0.2) is 0 Å². The summed E-state index contributed by atoms with van der Waals surface area (Å²) in [4.78, 5) is 3.35. The van der Waals surface area contributed by atoms with Gasteiger partial charge in [-0.25, -0.2) is 0 Å². The molecule has 0 saturated carbocycles. The lowest BCUT2D eigenvalue weighted by Crippen LogP contribution is -1.63. The maximum Gasteiger partial charge on any atom is 0.0471 e. The number of benzene rings is 2. The molecule has 0 saturated heterocycles. The van der Waals surface area contributed by atoms with E-state index in [-0.39, 0.29) is 0 Å². The number of para-hydroxylation sites is 1. The Bertz CT molecular complexity index is 513. The summed E-state index contributed by atoms with van der Waals surface area (Å²) in [6.07, 6.45) is 0. The summed E-state index contributed by atoms with van der Waals surface area (Å²) in [7, 11) is 0. The van der Waals surface area contributed by atoms with Crippen LogP contribution in [0.25, 0.3) is 21.8 Å². The summed E-state index contributed by atoms with van der Waals surface area (Å²) in [6, 6.07) is 17.6. The van der Waals surface area contributed by atoms with Gasteiger partial charge in [0.1, 0.15) is 0 Å². The predicted molar refractivity (Wildman–Crippen MR) is 54.6 cm³/mol. The highest BCUT2D eigenvalue weighted by molar-refractivity contribution is 6.06. The molecule has 1 heterocycles. The molecule has 0 atom stereocenters. The van der Waals surface area contributed by atoms with Crippen molar-refractivity contribution in [1.82, 2.24) is 4.98 Å². The quantitative estimate of drug-likeness (QED) is 0.528. The number of hydrogen-bond donors (Lipinski definition) is 1. The third-order valence-electron chi connectivity index (χ3n) is 2.32. The van der Waals surface area contributed by atoms with Gasteiger partial charge in [-0.2, -0.15) is 0 Å². The van der Waals surface area contributed by atoms with E-state index in [9.17, 15) is 0 Å². The molecule has 3 aromatic rings. The van der Waals surface area contributed by atoms with Gasteiger partial charge in [0.25, 0.3) is 0 Å². The predicted octanol–water partition coefficient (Wildman–Crippen LogP) is 3.12. The third kappa shape index (κ3) is 0.872. The molecule has 0 aliphatic heterocycles. The van der Waals surface area contributed by atoms with E-state index < -0.39 is 0 Å². The first-order chi connectivity index (χ1) is 6.45. The van der Waals surface area contributed by atoms with Crippen LogP contribution in [0, 0.1) is 6.07 Å². The van der Waals surface area contributed by atoms with Crippen LogP contribution in [-0.2, 0) is 0 Å². The van der Waals surface area contributed by atoms with Crippen LogP contribution in [0.15, 0.2) is 42.5 Å².